The SMILES string of the molecule is CCCN1CNCNC1N(C)C. The minimum atomic E-state index is 0.395. The van der Waals surface area contributed by atoms with E-state index in [1.54, 1.807) is 0 Å². The average Bonchev–Trinajstić information content (AvgIpc) is 2.05. The van der Waals surface area contributed by atoms with Crippen LogP contribution in [0.3, 0.4) is 0 Å². The summed E-state index contributed by atoms with van der Waals surface area (Å²) in [6, 6.07) is 0. The van der Waals surface area contributed by atoms with Gasteiger partial charge in [-0.3, -0.25) is 20.4 Å². The Labute approximate surface area is 74.9 Å². The second kappa shape index (κ2) is 4.77. The van der Waals surface area contributed by atoms with Crippen LogP contribution in [-0.4, -0.2) is 50.1 Å². The van der Waals surface area contributed by atoms with Crippen LogP contribution in [0.25, 0.3) is 0 Å². The monoisotopic (exact) mass is 172 g/mol. The molecule has 72 valence electrons. The highest BCUT2D eigenvalue weighted by atomic mass is 15.5. The molecule has 12 heavy (non-hydrogen) atoms. The summed E-state index contributed by atoms with van der Waals surface area (Å²) in [5.41, 5.74) is 0. The topological polar surface area (TPSA) is 30.5 Å². The summed E-state index contributed by atoms with van der Waals surface area (Å²) in [5.74, 6) is 0. The van der Waals surface area contributed by atoms with Crippen molar-refractivity contribution in [3.63, 3.8) is 0 Å². The van der Waals surface area contributed by atoms with Gasteiger partial charge < -0.3 is 0 Å². The number of rotatable bonds is 3. The highest BCUT2D eigenvalue weighted by Gasteiger charge is 2.21. The standard InChI is InChI=1S/C8H20N4/c1-4-5-12-7-9-6-10-8(12)11(2)3/h8-10H,4-7H2,1-3H3. The van der Waals surface area contributed by atoms with E-state index in [9.17, 15) is 0 Å². The Morgan fingerprint density at radius 1 is 1.50 bits per heavy atom. The number of nitrogens with one attached hydrogen (secondary N) is 2. The molecule has 0 aromatic carbocycles. The van der Waals surface area contributed by atoms with Crippen LogP contribution in [0.1, 0.15) is 13.3 Å². The van der Waals surface area contributed by atoms with Gasteiger partial charge in [-0.15, -0.1) is 0 Å². The van der Waals surface area contributed by atoms with Gasteiger partial charge in [0.2, 0.25) is 0 Å². The van der Waals surface area contributed by atoms with Crippen LogP contribution in [0.4, 0.5) is 0 Å². The Bertz CT molecular complexity index is 124. The van der Waals surface area contributed by atoms with E-state index in [0.717, 1.165) is 19.9 Å². The Balaban J connectivity index is 2.42. The molecule has 0 saturated carbocycles. The summed E-state index contributed by atoms with van der Waals surface area (Å²) >= 11 is 0. The Morgan fingerprint density at radius 2 is 2.25 bits per heavy atom. The molecule has 1 rings (SSSR count). The molecule has 0 aromatic heterocycles. The molecule has 0 radical (unpaired) electrons. The molecule has 4 heteroatoms. The summed E-state index contributed by atoms with van der Waals surface area (Å²) in [6.07, 6.45) is 1.60. The number of hydrogen-bond acceptors (Lipinski definition) is 4. The fraction of sp³-hybridized carbons (Fsp3) is 1.00. The van der Waals surface area contributed by atoms with E-state index in [-0.39, 0.29) is 0 Å². The second-order valence-corrected chi connectivity index (χ2v) is 3.44. The molecule has 1 unspecified atom stereocenters. The first-order valence-electron chi connectivity index (χ1n) is 4.60. The van der Waals surface area contributed by atoms with Gasteiger partial charge in [0, 0.05) is 13.2 Å². The molecule has 1 aliphatic heterocycles. The molecule has 0 amide bonds. The van der Waals surface area contributed by atoms with Crippen LogP contribution < -0.4 is 10.6 Å². The molecule has 0 bridgehead atoms. The summed E-state index contributed by atoms with van der Waals surface area (Å²) in [6.45, 7) is 5.25. The van der Waals surface area contributed by atoms with Crippen LogP contribution in [-0.2, 0) is 0 Å². The van der Waals surface area contributed by atoms with Gasteiger partial charge in [0.05, 0.1) is 6.67 Å². The summed E-state index contributed by atoms with van der Waals surface area (Å²) in [4.78, 5) is 4.60. The summed E-state index contributed by atoms with van der Waals surface area (Å²) in [5, 5.41) is 6.69. The van der Waals surface area contributed by atoms with Crippen LogP contribution in [0.15, 0.2) is 0 Å². The van der Waals surface area contributed by atoms with E-state index >= 15 is 0 Å². The van der Waals surface area contributed by atoms with Gasteiger partial charge in [0.1, 0.15) is 6.29 Å². The molecule has 1 heterocycles. The highest BCUT2D eigenvalue weighted by molar-refractivity contribution is 4.70. The maximum atomic E-state index is 3.39. The lowest BCUT2D eigenvalue weighted by Gasteiger charge is -2.40. The van der Waals surface area contributed by atoms with Gasteiger partial charge in [0.25, 0.3) is 0 Å². The number of hydrogen-bond donors (Lipinski definition) is 2. The van der Waals surface area contributed by atoms with E-state index in [1.165, 1.54) is 6.42 Å². The zero-order valence-electron chi connectivity index (χ0n) is 8.30. The van der Waals surface area contributed by atoms with Crippen molar-refractivity contribution in [2.24, 2.45) is 0 Å². The van der Waals surface area contributed by atoms with Gasteiger partial charge in [-0.05, 0) is 20.5 Å². The van der Waals surface area contributed by atoms with Crippen LogP contribution in [0.5, 0.6) is 0 Å². The van der Waals surface area contributed by atoms with Crippen LogP contribution in [0, 0.1) is 0 Å². The maximum absolute atomic E-state index is 3.39. The lowest BCUT2D eigenvalue weighted by atomic mass is 10.4. The first kappa shape index (κ1) is 9.92. The smallest absolute Gasteiger partial charge is 0.118 e. The van der Waals surface area contributed by atoms with E-state index < -0.39 is 0 Å². The van der Waals surface area contributed by atoms with E-state index in [4.69, 9.17) is 0 Å². The second-order valence-electron chi connectivity index (χ2n) is 3.44. The third-order valence-electron chi connectivity index (χ3n) is 2.07. The van der Waals surface area contributed by atoms with Gasteiger partial charge in [-0.2, -0.15) is 0 Å². The minimum absolute atomic E-state index is 0.395. The third kappa shape index (κ3) is 2.42. The molecule has 1 saturated heterocycles. The zero-order valence-corrected chi connectivity index (χ0v) is 8.30. The molecule has 0 aromatic rings. The first-order chi connectivity index (χ1) is 5.75. The minimum Gasteiger partial charge on any atom is -0.292 e. The van der Waals surface area contributed by atoms with Crippen LogP contribution in [0.2, 0.25) is 0 Å². The van der Waals surface area contributed by atoms with Crippen molar-refractivity contribution in [1.82, 2.24) is 20.4 Å². The summed E-state index contributed by atoms with van der Waals surface area (Å²) in [7, 11) is 4.21. The van der Waals surface area contributed by atoms with Crippen molar-refractivity contribution in [2.75, 3.05) is 34.0 Å². The van der Waals surface area contributed by atoms with Crippen molar-refractivity contribution in [3.05, 3.63) is 0 Å². The molecule has 1 atom stereocenters. The normalized spacial score (nSPS) is 26.5. The Morgan fingerprint density at radius 3 is 2.83 bits per heavy atom. The molecule has 4 nitrogen and oxygen atoms in total. The lowest BCUT2D eigenvalue weighted by Crippen LogP contribution is -2.63. The highest BCUT2D eigenvalue weighted by Crippen LogP contribution is 2.01. The van der Waals surface area contributed by atoms with Gasteiger partial charge >= 0.3 is 0 Å². The Hall–Kier alpha value is -0.160. The number of nitrogens with zero attached hydrogens (tertiary/aromatic N) is 2. The van der Waals surface area contributed by atoms with Crippen molar-refractivity contribution in [2.45, 2.75) is 19.6 Å². The van der Waals surface area contributed by atoms with Crippen molar-refractivity contribution < 1.29 is 0 Å². The fourth-order valence-electron chi connectivity index (χ4n) is 1.58. The van der Waals surface area contributed by atoms with E-state index in [1.807, 2.05) is 0 Å². The fourth-order valence-corrected chi connectivity index (χ4v) is 1.58. The van der Waals surface area contributed by atoms with Crippen molar-refractivity contribution in [3.8, 4) is 0 Å². The quantitative estimate of drug-likeness (QED) is 0.609. The van der Waals surface area contributed by atoms with Gasteiger partial charge in [-0.25, -0.2) is 0 Å². The maximum Gasteiger partial charge on any atom is 0.118 e. The molecule has 0 spiro atoms. The van der Waals surface area contributed by atoms with Crippen LogP contribution >= 0.6 is 0 Å². The average molecular weight is 172 g/mol. The molecule has 2 N–H and O–H groups in total. The van der Waals surface area contributed by atoms with Crippen molar-refractivity contribution >= 4 is 0 Å². The predicted octanol–water partition coefficient (Wildman–Crippen LogP) is -0.349. The Kier molecular flexibility index (Phi) is 3.94. The molecule has 1 aliphatic rings. The largest absolute Gasteiger partial charge is 0.292 e. The third-order valence-corrected chi connectivity index (χ3v) is 2.07. The lowest BCUT2D eigenvalue weighted by molar-refractivity contribution is 0.0162. The van der Waals surface area contributed by atoms with Gasteiger partial charge in [-0.1, -0.05) is 6.92 Å². The molecule has 0 aliphatic carbocycles. The predicted molar refractivity (Wildman–Crippen MR) is 50.5 cm³/mol. The molecular formula is C8H20N4. The van der Waals surface area contributed by atoms with E-state index in [0.29, 0.717) is 6.29 Å². The molecule has 1 fully saturated rings. The zero-order chi connectivity index (χ0) is 8.97. The van der Waals surface area contributed by atoms with Gasteiger partial charge in [0.15, 0.2) is 0 Å². The first-order valence-corrected chi connectivity index (χ1v) is 4.60. The van der Waals surface area contributed by atoms with Crippen molar-refractivity contribution in [1.29, 1.82) is 0 Å². The molecular weight excluding hydrogens is 152 g/mol. The summed E-state index contributed by atoms with van der Waals surface area (Å²) < 4.78 is 0. The van der Waals surface area contributed by atoms with E-state index in [2.05, 4.69) is 41.5 Å².